The van der Waals surface area contributed by atoms with Crippen molar-refractivity contribution in [1.82, 2.24) is 0 Å². The number of hydrogen-bond acceptors (Lipinski definition) is 1. The van der Waals surface area contributed by atoms with Gasteiger partial charge in [0.1, 0.15) is 0 Å². The van der Waals surface area contributed by atoms with E-state index >= 15 is 0 Å². The van der Waals surface area contributed by atoms with Crippen molar-refractivity contribution in [1.29, 1.82) is 0 Å². The minimum atomic E-state index is -0.528. The van der Waals surface area contributed by atoms with E-state index in [-0.39, 0.29) is 47.9 Å². The Kier molecular flexibility index (Phi) is 51.3. The fourth-order valence-electron chi connectivity index (χ4n) is 0. The van der Waals surface area contributed by atoms with Crippen LogP contribution in [0.5, 0.6) is 0 Å². The standard InChI is InChI=1S/Bi.ClH.Fe.O.Ti.3H/h;1H;;;;;;/q;;+1;;;;;/p-1. The largest absolute Gasteiger partial charge is 0 e. The maximum absolute atomic E-state index is 8.70. The average molecular weight is 367 g/mol. The average Bonchev–Trinajstić information content (AvgIpc) is 0.918. The summed E-state index contributed by atoms with van der Waals surface area (Å²) in [7, 11) is 4.44. The Morgan fingerprint density at radius 3 is 1.60 bits per heavy atom. The Morgan fingerprint density at radius 1 is 1.60 bits per heavy atom. The van der Waals surface area contributed by atoms with Crippen molar-refractivity contribution in [2.75, 3.05) is 0 Å². The summed E-state index contributed by atoms with van der Waals surface area (Å²) in [4.78, 5) is 0. The molecule has 0 heterocycles. The fourth-order valence-corrected chi connectivity index (χ4v) is 0. The fraction of sp³-hybridized carbons (Fsp3) is 0. The van der Waals surface area contributed by atoms with Crippen molar-refractivity contribution in [3.05, 3.63) is 0 Å². The summed E-state index contributed by atoms with van der Waals surface area (Å²) in [5.74, 6) is 0. The molecule has 0 rings (SSSR count). The smallest absolute Gasteiger partial charge is 0 e. The van der Waals surface area contributed by atoms with E-state index in [0.717, 1.165) is 0 Å². The SMILES string of the molecule is [BiH3].[O]=[Fe][Cl].[Ti]. The summed E-state index contributed by atoms with van der Waals surface area (Å²) in [5.41, 5.74) is 0. The minimum absolute atomic E-state index is 0. The summed E-state index contributed by atoms with van der Waals surface area (Å²) < 4.78 is 8.70. The Hall–Kier alpha value is 2.21. The van der Waals surface area contributed by atoms with Gasteiger partial charge in [-0.25, -0.2) is 0 Å². The molecule has 0 fully saturated rings. The van der Waals surface area contributed by atoms with Crippen molar-refractivity contribution >= 4 is 36.3 Å². The quantitative estimate of drug-likeness (QED) is 0.522. The van der Waals surface area contributed by atoms with Crippen LogP contribution in [0.15, 0.2) is 0 Å². The molecule has 0 aromatic rings. The van der Waals surface area contributed by atoms with Crippen LogP contribution < -0.4 is 0 Å². The van der Waals surface area contributed by atoms with Crippen molar-refractivity contribution in [2.24, 2.45) is 0 Å². The van der Waals surface area contributed by atoms with Gasteiger partial charge in [0.25, 0.3) is 0 Å². The van der Waals surface area contributed by atoms with E-state index < -0.39 is 14.0 Å². The molecular weight excluding hydrogens is 364 g/mol. The van der Waals surface area contributed by atoms with Crippen LogP contribution in [0.1, 0.15) is 0 Å². The Labute approximate surface area is 74.8 Å². The normalized spacial score (nSPS) is 3.40. The van der Waals surface area contributed by atoms with E-state index in [9.17, 15) is 0 Å². The Balaban J connectivity index is -0.0000000200. The zero-order chi connectivity index (χ0) is 2.71. The van der Waals surface area contributed by atoms with E-state index in [1.807, 2.05) is 0 Å². The maximum atomic E-state index is 8.70. The maximum Gasteiger partial charge on any atom is 0 e. The second-order valence-electron chi connectivity index (χ2n) is 0.0546. The van der Waals surface area contributed by atoms with E-state index in [4.69, 9.17) is 3.83 Å². The van der Waals surface area contributed by atoms with E-state index in [2.05, 4.69) is 10.1 Å². The first kappa shape index (κ1) is 15.7. The van der Waals surface area contributed by atoms with Gasteiger partial charge in [-0.15, -0.1) is 0 Å². The van der Waals surface area contributed by atoms with Gasteiger partial charge in [-0.05, 0) is 0 Å². The molecule has 0 radical (unpaired) electrons. The van der Waals surface area contributed by atoms with Crippen molar-refractivity contribution in [3.8, 4) is 0 Å². The molecule has 5 heteroatoms. The third-order valence-corrected chi connectivity index (χ3v) is 0. The molecule has 0 saturated carbocycles. The second-order valence-corrected chi connectivity index (χ2v) is 0.675. The molecule has 5 heavy (non-hydrogen) atoms. The summed E-state index contributed by atoms with van der Waals surface area (Å²) in [6.45, 7) is 0. The third kappa shape index (κ3) is 22.6. The molecule has 33 valence electrons. The van der Waals surface area contributed by atoms with Crippen LogP contribution in [0.4, 0.5) is 0 Å². The predicted molar refractivity (Wildman–Crippen MR) is 16.5 cm³/mol. The number of halogens is 1. The zero-order valence-corrected chi connectivity index (χ0v) is 11.3. The zero-order valence-electron chi connectivity index (χ0n) is 2.35. The Morgan fingerprint density at radius 2 is 1.60 bits per heavy atom. The van der Waals surface area contributed by atoms with Gasteiger partial charge in [0.2, 0.25) is 0 Å². The molecule has 0 N–H and O–H groups in total. The summed E-state index contributed by atoms with van der Waals surface area (Å²) in [5, 5.41) is 0. The first-order chi connectivity index (χ1) is 1.41. The summed E-state index contributed by atoms with van der Waals surface area (Å²) in [6, 6.07) is 0. The molecule has 0 spiro atoms. The minimum Gasteiger partial charge on any atom is 0 e. The van der Waals surface area contributed by atoms with E-state index in [1.165, 1.54) is 0 Å². The first-order valence-electron chi connectivity index (χ1n) is 0.278. The molecule has 0 aromatic carbocycles. The molecule has 0 unspecified atom stereocenters. The third-order valence-electron chi connectivity index (χ3n) is 0. The molecule has 0 aliphatic rings. The first-order valence-corrected chi connectivity index (χ1v) is 2.25. The topological polar surface area (TPSA) is 17.1 Å². The molecule has 0 aliphatic heterocycles. The molecular formula is H3BiClFeOTi. The Bertz CT molecular complexity index is 19.1. The van der Waals surface area contributed by atoms with Crippen molar-refractivity contribution < 1.29 is 39.5 Å². The van der Waals surface area contributed by atoms with Crippen LogP contribution in [0.2, 0.25) is 0 Å². The van der Waals surface area contributed by atoms with Gasteiger partial charge in [-0.2, -0.15) is 0 Å². The second kappa shape index (κ2) is 16.4. The monoisotopic (exact) mass is 367 g/mol. The summed E-state index contributed by atoms with van der Waals surface area (Å²) >= 11 is -0.528. The van der Waals surface area contributed by atoms with Crippen LogP contribution in [-0.4, -0.2) is 26.2 Å². The van der Waals surface area contributed by atoms with Gasteiger partial charge >= 0.3 is 54.1 Å². The molecule has 0 amide bonds. The van der Waals surface area contributed by atoms with E-state index in [1.54, 1.807) is 0 Å². The van der Waals surface area contributed by atoms with Gasteiger partial charge < -0.3 is 0 Å². The van der Waals surface area contributed by atoms with Crippen molar-refractivity contribution in [3.63, 3.8) is 0 Å². The van der Waals surface area contributed by atoms with E-state index in [0.29, 0.717) is 0 Å². The van der Waals surface area contributed by atoms with Crippen LogP contribution in [0.3, 0.4) is 0 Å². The summed E-state index contributed by atoms with van der Waals surface area (Å²) in [6.07, 6.45) is 0. The van der Waals surface area contributed by atoms with Crippen LogP contribution >= 0.6 is 10.1 Å². The van der Waals surface area contributed by atoms with Gasteiger partial charge in [0.05, 0.1) is 0 Å². The molecule has 0 aliphatic carbocycles. The van der Waals surface area contributed by atoms with Crippen LogP contribution in [-0.2, 0) is 39.5 Å². The molecule has 0 saturated heterocycles. The molecule has 0 atom stereocenters. The van der Waals surface area contributed by atoms with Gasteiger partial charge in [0, 0.05) is 21.7 Å². The molecule has 0 aromatic heterocycles. The van der Waals surface area contributed by atoms with Crippen LogP contribution in [0.25, 0.3) is 0 Å². The van der Waals surface area contributed by atoms with Crippen LogP contribution in [0, 0.1) is 0 Å². The predicted octanol–water partition coefficient (Wildman–Crippen LogP) is -0.618. The number of hydrogen-bond donors (Lipinski definition) is 0. The number of rotatable bonds is 0. The van der Waals surface area contributed by atoms with Crippen molar-refractivity contribution in [2.45, 2.75) is 0 Å². The molecule has 0 bridgehead atoms. The molecule has 1 nitrogen and oxygen atoms in total. The van der Waals surface area contributed by atoms with Gasteiger partial charge in [-0.3, -0.25) is 0 Å². The van der Waals surface area contributed by atoms with Gasteiger partial charge in [0.15, 0.2) is 0 Å². The van der Waals surface area contributed by atoms with Gasteiger partial charge in [-0.1, -0.05) is 0 Å².